The molecule has 0 saturated carbocycles. The highest BCUT2D eigenvalue weighted by Gasteiger charge is 2.26. The molecule has 8 heteroatoms. The van der Waals surface area contributed by atoms with Crippen molar-refractivity contribution in [2.45, 2.75) is 45.9 Å². The van der Waals surface area contributed by atoms with E-state index in [0.29, 0.717) is 37.0 Å². The molecule has 0 spiro atoms. The summed E-state index contributed by atoms with van der Waals surface area (Å²) in [6.07, 6.45) is 0.508. The number of ether oxygens (including phenoxy) is 3. The molecule has 2 atom stereocenters. The normalized spacial score (nSPS) is 16.1. The SMILES string of the molecule is CCC(C)N(Cc1c(C)nn(-c2ccccc2)c1Oc1ccccc1OC)CC(O)CN1CCOCC1. The van der Waals surface area contributed by atoms with Crippen LogP contribution >= 0.6 is 0 Å². The van der Waals surface area contributed by atoms with Gasteiger partial charge in [-0.2, -0.15) is 5.10 Å². The molecule has 0 aliphatic carbocycles. The van der Waals surface area contributed by atoms with E-state index in [9.17, 15) is 5.11 Å². The molecule has 2 heterocycles. The molecule has 37 heavy (non-hydrogen) atoms. The molecule has 4 rings (SSSR count). The number of para-hydroxylation sites is 3. The molecule has 0 radical (unpaired) electrons. The number of nitrogens with zero attached hydrogens (tertiary/aromatic N) is 4. The fourth-order valence-corrected chi connectivity index (χ4v) is 4.65. The van der Waals surface area contributed by atoms with Gasteiger partial charge in [-0.3, -0.25) is 9.80 Å². The molecule has 0 bridgehead atoms. The first-order valence-electron chi connectivity index (χ1n) is 13.2. The van der Waals surface area contributed by atoms with Crippen molar-refractivity contribution in [3.05, 3.63) is 65.9 Å². The van der Waals surface area contributed by atoms with E-state index in [4.69, 9.17) is 19.3 Å². The minimum absolute atomic E-state index is 0.276. The number of aliphatic hydroxyl groups is 1. The largest absolute Gasteiger partial charge is 0.493 e. The van der Waals surface area contributed by atoms with Crippen molar-refractivity contribution in [2.75, 3.05) is 46.5 Å². The van der Waals surface area contributed by atoms with E-state index < -0.39 is 6.10 Å². The summed E-state index contributed by atoms with van der Waals surface area (Å²) in [6.45, 7) is 11.4. The van der Waals surface area contributed by atoms with Crippen molar-refractivity contribution in [1.82, 2.24) is 19.6 Å². The molecule has 1 aliphatic heterocycles. The predicted molar refractivity (Wildman–Crippen MR) is 145 cm³/mol. The Labute approximate surface area is 220 Å². The zero-order valence-electron chi connectivity index (χ0n) is 22.5. The van der Waals surface area contributed by atoms with Gasteiger partial charge in [0.05, 0.1) is 43.4 Å². The van der Waals surface area contributed by atoms with Crippen molar-refractivity contribution in [3.63, 3.8) is 0 Å². The van der Waals surface area contributed by atoms with Gasteiger partial charge in [-0.25, -0.2) is 4.68 Å². The topological polar surface area (TPSA) is 72.2 Å². The molecule has 1 N–H and O–H groups in total. The first-order valence-corrected chi connectivity index (χ1v) is 13.2. The predicted octanol–water partition coefficient (Wildman–Crippen LogP) is 4.28. The van der Waals surface area contributed by atoms with Crippen LogP contribution in [-0.4, -0.2) is 83.3 Å². The van der Waals surface area contributed by atoms with Crippen LogP contribution in [0.5, 0.6) is 17.4 Å². The summed E-state index contributed by atoms with van der Waals surface area (Å²) >= 11 is 0. The number of benzene rings is 2. The Hall–Kier alpha value is -2.91. The molecule has 1 fully saturated rings. The number of β-amino-alcohol motifs (C(OH)–C–C–N with tert-alkyl or cyclic N) is 1. The van der Waals surface area contributed by atoms with Crippen molar-refractivity contribution in [3.8, 4) is 23.1 Å². The van der Waals surface area contributed by atoms with Crippen LogP contribution < -0.4 is 9.47 Å². The molecular formula is C29H40N4O4. The summed E-state index contributed by atoms with van der Waals surface area (Å²) in [7, 11) is 1.64. The van der Waals surface area contributed by atoms with Gasteiger partial charge >= 0.3 is 0 Å². The van der Waals surface area contributed by atoms with Crippen molar-refractivity contribution < 1.29 is 19.3 Å². The van der Waals surface area contributed by atoms with E-state index in [-0.39, 0.29) is 6.04 Å². The highest BCUT2D eigenvalue weighted by Crippen LogP contribution is 2.36. The second-order valence-corrected chi connectivity index (χ2v) is 9.62. The molecule has 1 saturated heterocycles. The number of aliphatic hydroxyl groups excluding tert-OH is 1. The molecule has 1 aromatic heterocycles. The fourth-order valence-electron chi connectivity index (χ4n) is 4.65. The third-order valence-corrected chi connectivity index (χ3v) is 7.01. The van der Waals surface area contributed by atoms with Gasteiger partial charge in [0.15, 0.2) is 11.5 Å². The fraction of sp³-hybridized carbons (Fsp3) is 0.483. The lowest BCUT2D eigenvalue weighted by Gasteiger charge is -2.33. The average Bonchev–Trinajstić information content (AvgIpc) is 3.23. The summed E-state index contributed by atoms with van der Waals surface area (Å²) in [5.74, 6) is 1.95. The van der Waals surface area contributed by atoms with Crippen molar-refractivity contribution >= 4 is 0 Å². The van der Waals surface area contributed by atoms with Crippen molar-refractivity contribution in [2.24, 2.45) is 0 Å². The van der Waals surface area contributed by atoms with E-state index in [1.165, 1.54) is 0 Å². The van der Waals surface area contributed by atoms with E-state index in [0.717, 1.165) is 49.7 Å². The maximum absolute atomic E-state index is 11.0. The van der Waals surface area contributed by atoms with E-state index in [2.05, 4.69) is 23.6 Å². The molecule has 200 valence electrons. The smallest absolute Gasteiger partial charge is 0.227 e. The summed E-state index contributed by atoms with van der Waals surface area (Å²) in [5.41, 5.74) is 2.81. The third kappa shape index (κ3) is 6.90. The minimum atomic E-state index is -0.463. The Morgan fingerprint density at radius 1 is 1.05 bits per heavy atom. The minimum Gasteiger partial charge on any atom is -0.493 e. The molecule has 8 nitrogen and oxygen atoms in total. The van der Waals surface area contributed by atoms with E-state index >= 15 is 0 Å². The lowest BCUT2D eigenvalue weighted by Crippen LogP contribution is -2.46. The van der Waals surface area contributed by atoms with Gasteiger partial charge in [-0.15, -0.1) is 0 Å². The Balaban J connectivity index is 1.64. The quantitative estimate of drug-likeness (QED) is 0.392. The Kier molecular flexibility index (Phi) is 9.57. The number of hydrogen-bond donors (Lipinski definition) is 1. The maximum atomic E-state index is 11.0. The van der Waals surface area contributed by atoms with Crippen LogP contribution in [0.2, 0.25) is 0 Å². The molecular weight excluding hydrogens is 468 g/mol. The van der Waals surface area contributed by atoms with Gasteiger partial charge in [0.25, 0.3) is 0 Å². The highest BCUT2D eigenvalue weighted by molar-refractivity contribution is 5.47. The molecule has 0 amide bonds. The second-order valence-electron chi connectivity index (χ2n) is 9.62. The van der Waals surface area contributed by atoms with E-state index in [1.54, 1.807) is 7.11 Å². The summed E-state index contributed by atoms with van der Waals surface area (Å²) in [4.78, 5) is 4.61. The first kappa shape index (κ1) is 27.1. The van der Waals surface area contributed by atoms with Crippen LogP contribution in [0, 0.1) is 6.92 Å². The van der Waals surface area contributed by atoms with Gasteiger partial charge in [-0.05, 0) is 44.5 Å². The summed E-state index contributed by atoms with van der Waals surface area (Å²) in [6, 6.07) is 17.9. The zero-order chi connectivity index (χ0) is 26.2. The molecule has 3 aromatic rings. The van der Waals surface area contributed by atoms with Crippen LogP contribution in [0.15, 0.2) is 54.6 Å². The van der Waals surface area contributed by atoms with Gasteiger partial charge in [0.1, 0.15) is 0 Å². The number of aromatic nitrogens is 2. The van der Waals surface area contributed by atoms with Crippen LogP contribution in [0.25, 0.3) is 5.69 Å². The molecule has 1 aliphatic rings. The molecule has 2 aromatic carbocycles. The number of methoxy groups -OCH3 is 1. The number of hydrogen-bond acceptors (Lipinski definition) is 7. The number of morpholine rings is 1. The monoisotopic (exact) mass is 508 g/mol. The van der Waals surface area contributed by atoms with Gasteiger partial charge in [0.2, 0.25) is 5.88 Å². The lowest BCUT2D eigenvalue weighted by molar-refractivity contribution is 0.00243. The molecule has 2 unspecified atom stereocenters. The van der Waals surface area contributed by atoms with Gasteiger partial charge in [0, 0.05) is 38.8 Å². The second kappa shape index (κ2) is 13.1. The van der Waals surface area contributed by atoms with E-state index in [1.807, 2.05) is 66.2 Å². The zero-order valence-corrected chi connectivity index (χ0v) is 22.5. The van der Waals surface area contributed by atoms with Crippen LogP contribution in [0.3, 0.4) is 0 Å². The third-order valence-electron chi connectivity index (χ3n) is 7.01. The Bertz CT molecular complexity index is 1110. The first-order chi connectivity index (χ1) is 18.0. The maximum Gasteiger partial charge on any atom is 0.227 e. The number of aryl methyl sites for hydroxylation is 1. The standard InChI is InChI=1S/C29H40N4O4/c1-5-22(2)32(20-25(34)19-31-15-17-36-18-16-31)21-26-23(3)30-33(24-11-7-6-8-12-24)29(26)37-28-14-10-9-13-27(28)35-4/h6-14,22,25,34H,5,15-21H2,1-4H3. The Morgan fingerprint density at radius 3 is 2.41 bits per heavy atom. The summed E-state index contributed by atoms with van der Waals surface area (Å²) < 4.78 is 19.4. The van der Waals surface area contributed by atoms with Gasteiger partial charge < -0.3 is 19.3 Å². The highest BCUT2D eigenvalue weighted by atomic mass is 16.5. The van der Waals surface area contributed by atoms with Crippen LogP contribution in [0.4, 0.5) is 0 Å². The van der Waals surface area contributed by atoms with Crippen molar-refractivity contribution in [1.29, 1.82) is 0 Å². The average molecular weight is 509 g/mol. The number of rotatable bonds is 12. The Morgan fingerprint density at radius 2 is 1.73 bits per heavy atom. The summed E-state index contributed by atoms with van der Waals surface area (Å²) in [5, 5.41) is 15.9. The lowest BCUT2D eigenvalue weighted by atomic mass is 10.1. The van der Waals surface area contributed by atoms with Gasteiger partial charge in [-0.1, -0.05) is 37.3 Å². The van der Waals surface area contributed by atoms with Crippen LogP contribution in [0.1, 0.15) is 31.5 Å². The van der Waals surface area contributed by atoms with Crippen LogP contribution in [-0.2, 0) is 11.3 Å².